The van der Waals surface area contributed by atoms with E-state index >= 15 is 0 Å². The lowest BCUT2D eigenvalue weighted by molar-refractivity contribution is 0.102. The molecule has 1 amide bonds. The van der Waals surface area contributed by atoms with E-state index in [0.29, 0.717) is 5.69 Å². The minimum atomic E-state index is -0.460. The molecule has 0 unspecified atom stereocenters. The van der Waals surface area contributed by atoms with E-state index in [1.807, 2.05) is 36.4 Å². The first-order valence-corrected chi connectivity index (χ1v) is 6.84. The normalized spacial score (nSPS) is 10.4. The SMILES string of the molecule is O=C(Nc1ccc(Cc2ccncc2)cc1)c1cc(F)c[nH]1. The summed E-state index contributed by atoms with van der Waals surface area (Å²) in [4.78, 5) is 18.5. The van der Waals surface area contributed by atoms with Gasteiger partial charge >= 0.3 is 0 Å². The third-order valence-electron chi connectivity index (χ3n) is 3.26. The molecule has 3 rings (SSSR count). The van der Waals surface area contributed by atoms with E-state index in [-0.39, 0.29) is 11.6 Å². The van der Waals surface area contributed by atoms with Crippen molar-refractivity contribution in [1.82, 2.24) is 9.97 Å². The lowest BCUT2D eigenvalue weighted by atomic mass is 10.1. The summed E-state index contributed by atoms with van der Waals surface area (Å²) in [6.45, 7) is 0. The number of amides is 1. The van der Waals surface area contributed by atoms with E-state index in [1.54, 1.807) is 12.4 Å². The van der Waals surface area contributed by atoms with Gasteiger partial charge in [0, 0.05) is 30.3 Å². The lowest BCUT2D eigenvalue weighted by Gasteiger charge is -2.06. The highest BCUT2D eigenvalue weighted by molar-refractivity contribution is 6.02. The van der Waals surface area contributed by atoms with Crippen molar-refractivity contribution >= 4 is 11.6 Å². The standard InChI is InChI=1S/C17H14FN3O/c18-14-10-16(20-11-14)17(22)21-15-3-1-12(2-4-15)9-13-5-7-19-8-6-13/h1-8,10-11,20H,9H2,(H,21,22). The van der Waals surface area contributed by atoms with Gasteiger partial charge in [-0.05, 0) is 41.8 Å². The molecule has 110 valence electrons. The van der Waals surface area contributed by atoms with Gasteiger partial charge in [0.05, 0.1) is 0 Å². The zero-order valence-electron chi connectivity index (χ0n) is 11.7. The van der Waals surface area contributed by atoms with Gasteiger partial charge in [-0.15, -0.1) is 0 Å². The summed E-state index contributed by atoms with van der Waals surface area (Å²) in [6.07, 6.45) is 5.48. The highest BCUT2D eigenvalue weighted by atomic mass is 19.1. The molecular formula is C17H14FN3O. The highest BCUT2D eigenvalue weighted by Gasteiger charge is 2.08. The van der Waals surface area contributed by atoms with Crippen molar-refractivity contribution in [2.75, 3.05) is 5.32 Å². The highest BCUT2D eigenvalue weighted by Crippen LogP contribution is 2.14. The summed E-state index contributed by atoms with van der Waals surface area (Å²) < 4.78 is 12.9. The van der Waals surface area contributed by atoms with Crippen LogP contribution in [0.2, 0.25) is 0 Å². The molecule has 0 aliphatic carbocycles. The first kappa shape index (κ1) is 14.0. The molecule has 0 radical (unpaired) electrons. The molecule has 0 saturated carbocycles. The number of nitrogens with zero attached hydrogens (tertiary/aromatic N) is 1. The van der Waals surface area contributed by atoms with Crippen LogP contribution in [0.15, 0.2) is 61.1 Å². The van der Waals surface area contributed by atoms with Gasteiger partial charge in [-0.1, -0.05) is 12.1 Å². The average Bonchev–Trinajstić information content (AvgIpc) is 2.97. The molecule has 22 heavy (non-hydrogen) atoms. The van der Waals surface area contributed by atoms with Crippen LogP contribution in [0.25, 0.3) is 0 Å². The summed E-state index contributed by atoms with van der Waals surface area (Å²) in [5.41, 5.74) is 3.17. The Kier molecular flexibility index (Phi) is 3.96. The average molecular weight is 295 g/mol. The van der Waals surface area contributed by atoms with Gasteiger partial charge < -0.3 is 10.3 Å². The van der Waals surface area contributed by atoms with Gasteiger partial charge in [0.25, 0.3) is 5.91 Å². The van der Waals surface area contributed by atoms with Crippen LogP contribution in [-0.2, 0) is 6.42 Å². The first-order chi connectivity index (χ1) is 10.7. The van der Waals surface area contributed by atoms with Crippen LogP contribution < -0.4 is 5.32 Å². The zero-order valence-corrected chi connectivity index (χ0v) is 11.7. The Morgan fingerprint density at radius 1 is 1.09 bits per heavy atom. The van der Waals surface area contributed by atoms with E-state index in [9.17, 15) is 9.18 Å². The molecule has 3 aromatic rings. The summed E-state index contributed by atoms with van der Waals surface area (Å²) in [6, 6.07) is 12.6. The topological polar surface area (TPSA) is 57.8 Å². The van der Waals surface area contributed by atoms with Crippen molar-refractivity contribution < 1.29 is 9.18 Å². The van der Waals surface area contributed by atoms with Crippen molar-refractivity contribution in [2.45, 2.75) is 6.42 Å². The van der Waals surface area contributed by atoms with Crippen molar-refractivity contribution in [3.05, 3.63) is 83.7 Å². The molecule has 2 heterocycles. The van der Waals surface area contributed by atoms with E-state index < -0.39 is 5.82 Å². The number of hydrogen-bond acceptors (Lipinski definition) is 2. The Labute approximate surface area is 127 Å². The van der Waals surface area contributed by atoms with Gasteiger partial charge in [0.15, 0.2) is 0 Å². The minimum absolute atomic E-state index is 0.193. The molecule has 0 fully saturated rings. The maximum absolute atomic E-state index is 12.9. The van der Waals surface area contributed by atoms with E-state index in [1.165, 1.54) is 5.56 Å². The van der Waals surface area contributed by atoms with Gasteiger partial charge in [-0.2, -0.15) is 0 Å². The molecule has 0 spiro atoms. The smallest absolute Gasteiger partial charge is 0.272 e. The predicted molar refractivity (Wildman–Crippen MR) is 82.2 cm³/mol. The third-order valence-corrected chi connectivity index (χ3v) is 3.26. The molecular weight excluding hydrogens is 281 g/mol. The molecule has 1 aromatic carbocycles. The molecule has 0 bridgehead atoms. The van der Waals surface area contributed by atoms with E-state index in [4.69, 9.17) is 0 Å². The minimum Gasteiger partial charge on any atom is -0.355 e. The maximum atomic E-state index is 12.9. The maximum Gasteiger partial charge on any atom is 0.272 e. The molecule has 0 saturated heterocycles. The number of rotatable bonds is 4. The Morgan fingerprint density at radius 2 is 1.77 bits per heavy atom. The molecule has 0 atom stereocenters. The number of carbonyl (C=O) groups excluding carboxylic acids is 1. The second-order valence-electron chi connectivity index (χ2n) is 4.91. The fraction of sp³-hybridized carbons (Fsp3) is 0.0588. The van der Waals surface area contributed by atoms with Crippen molar-refractivity contribution in [3.63, 3.8) is 0 Å². The molecule has 0 aliphatic heterocycles. The summed E-state index contributed by atoms with van der Waals surface area (Å²) in [5.74, 6) is -0.830. The van der Waals surface area contributed by atoms with Crippen LogP contribution in [-0.4, -0.2) is 15.9 Å². The van der Waals surface area contributed by atoms with Gasteiger partial charge in [-0.25, -0.2) is 4.39 Å². The number of carbonyl (C=O) groups is 1. The predicted octanol–water partition coefficient (Wildman–Crippen LogP) is 3.39. The van der Waals surface area contributed by atoms with Crippen LogP contribution in [0.3, 0.4) is 0 Å². The molecule has 5 heteroatoms. The second-order valence-corrected chi connectivity index (χ2v) is 4.91. The van der Waals surface area contributed by atoms with Crippen LogP contribution in [0.4, 0.5) is 10.1 Å². The van der Waals surface area contributed by atoms with Crippen molar-refractivity contribution in [2.24, 2.45) is 0 Å². The van der Waals surface area contributed by atoms with Gasteiger partial charge in [-0.3, -0.25) is 9.78 Å². The van der Waals surface area contributed by atoms with E-state index in [0.717, 1.165) is 24.2 Å². The second kappa shape index (κ2) is 6.22. The first-order valence-electron chi connectivity index (χ1n) is 6.84. The lowest BCUT2D eigenvalue weighted by Crippen LogP contribution is -2.12. The van der Waals surface area contributed by atoms with Crippen molar-refractivity contribution in [1.29, 1.82) is 0 Å². The van der Waals surface area contributed by atoms with Gasteiger partial charge in [0.2, 0.25) is 0 Å². The van der Waals surface area contributed by atoms with E-state index in [2.05, 4.69) is 15.3 Å². The zero-order chi connectivity index (χ0) is 15.4. The fourth-order valence-electron chi connectivity index (χ4n) is 2.14. The molecule has 2 N–H and O–H groups in total. The molecule has 2 aromatic heterocycles. The monoisotopic (exact) mass is 295 g/mol. The van der Waals surface area contributed by atoms with Crippen LogP contribution >= 0.6 is 0 Å². The number of nitrogens with one attached hydrogen (secondary N) is 2. The Morgan fingerprint density at radius 3 is 2.41 bits per heavy atom. The number of aromatic amines is 1. The summed E-state index contributed by atoms with van der Waals surface area (Å²) in [5, 5.41) is 2.72. The van der Waals surface area contributed by atoms with Crippen LogP contribution in [0, 0.1) is 5.82 Å². The number of anilines is 1. The summed E-state index contributed by atoms with van der Waals surface area (Å²) >= 11 is 0. The van der Waals surface area contributed by atoms with Gasteiger partial charge in [0.1, 0.15) is 11.5 Å². The Balaban J connectivity index is 1.65. The number of pyridine rings is 1. The number of halogens is 1. The fourth-order valence-corrected chi connectivity index (χ4v) is 2.14. The number of H-pyrrole nitrogens is 1. The molecule has 0 aliphatic rings. The largest absolute Gasteiger partial charge is 0.355 e. The molecule has 4 nitrogen and oxygen atoms in total. The number of benzene rings is 1. The van der Waals surface area contributed by atoms with Crippen LogP contribution in [0.5, 0.6) is 0 Å². The Bertz CT molecular complexity index is 766. The van der Waals surface area contributed by atoms with Crippen LogP contribution in [0.1, 0.15) is 21.6 Å². The number of hydrogen-bond donors (Lipinski definition) is 2. The summed E-state index contributed by atoms with van der Waals surface area (Å²) in [7, 11) is 0. The number of aromatic nitrogens is 2. The Hall–Kier alpha value is -2.95. The van der Waals surface area contributed by atoms with Crippen molar-refractivity contribution in [3.8, 4) is 0 Å². The quantitative estimate of drug-likeness (QED) is 0.775. The third kappa shape index (κ3) is 3.38.